The van der Waals surface area contributed by atoms with Crippen LogP contribution in [0.1, 0.15) is 44.5 Å². The molecular weight excluding hydrogens is 907 g/mol. The van der Waals surface area contributed by atoms with Crippen molar-refractivity contribution in [3.8, 4) is 44.5 Å². The SMILES string of the molecule is C[PH](c1ccccc1)(c1ccc(P(=O)(c2ccccc2)c2ccc3c(c2)C2(c4ccccc4-c4ccccc42)c2ccccc2-3)cc1)c1ccc2c(c1)C1(c3ccccc3-c3ccccc31)c1ccccc1-2. The predicted octanol–water partition coefficient (Wildman–Crippen LogP) is 13.7. The first-order valence-electron chi connectivity index (χ1n) is 25.2. The van der Waals surface area contributed by atoms with E-state index in [1.165, 1.54) is 105 Å². The van der Waals surface area contributed by atoms with E-state index in [2.05, 4.69) is 255 Å². The summed E-state index contributed by atoms with van der Waals surface area (Å²) in [6.07, 6.45) is 0. The van der Waals surface area contributed by atoms with E-state index in [1.54, 1.807) is 0 Å². The Morgan fingerprint density at radius 3 is 0.986 bits per heavy atom. The third kappa shape index (κ3) is 5.25. The third-order valence-electron chi connectivity index (χ3n) is 17.2. The Morgan fingerprint density at radius 1 is 0.264 bits per heavy atom. The Hall–Kier alpha value is -7.92. The van der Waals surface area contributed by atoms with Gasteiger partial charge in [0.15, 0.2) is 0 Å². The molecule has 1 atom stereocenters. The molecule has 11 aromatic rings. The monoisotopic (exact) mass is 954 g/mol. The van der Waals surface area contributed by atoms with E-state index < -0.39 is 25.2 Å². The molecule has 2 spiro atoms. The first kappa shape index (κ1) is 41.8. The van der Waals surface area contributed by atoms with Crippen LogP contribution in [0, 0.1) is 0 Å². The molecule has 0 heterocycles. The minimum absolute atomic E-state index is 0.439. The fraction of sp³-hybridized carbons (Fsp3) is 0.0435. The maximum atomic E-state index is 16.9. The van der Waals surface area contributed by atoms with Crippen molar-refractivity contribution in [1.82, 2.24) is 0 Å². The summed E-state index contributed by atoms with van der Waals surface area (Å²) < 4.78 is 16.9. The summed E-state index contributed by atoms with van der Waals surface area (Å²) >= 11 is 0. The molecule has 4 aliphatic rings. The molecule has 0 bridgehead atoms. The summed E-state index contributed by atoms with van der Waals surface area (Å²) in [5.41, 5.74) is 19.6. The van der Waals surface area contributed by atoms with Crippen LogP contribution in [0.25, 0.3) is 44.5 Å². The van der Waals surface area contributed by atoms with Crippen LogP contribution in [0.2, 0.25) is 0 Å². The number of rotatable bonds is 6. The second kappa shape index (κ2) is 15.3. The molecule has 0 saturated carbocycles. The average molecular weight is 955 g/mol. The van der Waals surface area contributed by atoms with Gasteiger partial charge in [0, 0.05) is 0 Å². The molecular formula is C69H48OP2. The second-order valence-corrected chi connectivity index (χ2v) is 27.0. The van der Waals surface area contributed by atoms with Crippen LogP contribution in [-0.4, -0.2) is 6.66 Å². The van der Waals surface area contributed by atoms with Gasteiger partial charge in [0.05, 0.1) is 0 Å². The Labute approximate surface area is 421 Å². The molecule has 1 nitrogen and oxygen atoms in total. The van der Waals surface area contributed by atoms with Gasteiger partial charge in [-0.05, 0) is 0 Å². The predicted molar refractivity (Wildman–Crippen MR) is 304 cm³/mol. The molecule has 0 N–H and O–H groups in total. The van der Waals surface area contributed by atoms with Crippen LogP contribution >= 0.6 is 14.4 Å². The van der Waals surface area contributed by atoms with Gasteiger partial charge < -0.3 is 0 Å². The van der Waals surface area contributed by atoms with Gasteiger partial charge in [-0.25, -0.2) is 0 Å². The van der Waals surface area contributed by atoms with E-state index in [9.17, 15) is 0 Å². The molecule has 0 amide bonds. The van der Waals surface area contributed by atoms with E-state index in [0.717, 1.165) is 15.9 Å². The molecule has 0 aliphatic heterocycles. The van der Waals surface area contributed by atoms with Gasteiger partial charge in [0.1, 0.15) is 0 Å². The summed E-state index contributed by atoms with van der Waals surface area (Å²) in [5.74, 6) is 0. The van der Waals surface area contributed by atoms with Crippen molar-refractivity contribution in [2.75, 3.05) is 6.66 Å². The molecule has 72 heavy (non-hydrogen) atoms. The van der Waals surface area contributed by atoms with E-state index >= 15 is 4.57 Å². The maximum absolute atomic E-state index is 16.9. The van der Waals surface area contributed by atoms with Crippen LogP contribution in [0.15, 0.2) is 267 Å². The van der Waals surface area contributed by atoms with Gasteiger partial charge in [0.25, 0.3) is 0 Å². The zero-order chi connectivity index (χ0) is 47.8. The first-order valence-corrected chi connectivity index (χ1v) is 29.4. The van der Waals surface area contributed by atoms with Gasteiger partial charge in [-0.15, -0.1) is 0 Å². The summed E-state index contributed by atoms with van der Waals surface area (Å²) in [7, 11) is -6.20. The van der Waals surface area contributed by atoms with Crippen molar-refractivity contribution in [3.05, 3.63) is 311 Å². The Kier molecular flexibility index (Phi) is 8.88. The number of fused-ring (bicyclic) bond motifs is 20. The van der Waals surface area contributed by atoms with E-state index in [1.807, 2.05) is 18.2 Å². The van der Waals surface area contributed by atoms with Crippen molar-refractivity contribution in [1.29, 1.82) is 0 Å². The molecule has 0 radical (unpaired) electrons. The van der Waals surface area contributed by atoms with Gasteiger partial charge in [-0.2, -0.15) is 0 Å². The quantitative estimate of drug-likeness (QED) is 0.152. The molecule has 3 heteroatoms. The van der Waals surface area contributed by atoms with E-state index in [-0.39, 0.29) is 0 Å². The van der Waals surface area contributed by atoms with Crippen molar-refractivity contribution in [2.24, 2.45) is 0 Å². The van der Waals surface area contributed by atoms with Crippen molar-refractivity contribution in [2.45, 2.75) is 10.8 Å². The fourth-order valence-corrected chi connectivity index (χ4v) is 20.2. The normalized spacial score (nSPS) is 15.3. The Bertz CT molecular complexity index is 3970. The van der Waals surface area contributed by atoms with Crippen LogP contribution in [0.4, 0.5) is 0 Å². The summed E-state index contributed by atoms with van der Waals surface area (Å²) in [4.78, 5) is 0. The first-order chi connectivity index (χ1) is 35.5. The second-order valence-electron chi connectivity index (χ2n) is 20.2. The molecule has 4 aliphatic carbocycles. The molecule has 15 rings (SSSR count). The van der Waals surface area contributed by atoms with Crippen LogP contribution < -0.4 is 31.8 Å². The molecule has 11 aromatic carbocycles. The number of benzene rings is 11. The average Bonchev–Trinajstić information content (AvgIpc) is 4.15. The number of hydrogen-bond acceptors (Lipinski definition) is 1. The molecule has 0 aromatic heterocycles. The van der Waals surface area contributed by atoms with Crippen LogP contribution in [0.3, 0.4) is 0 Å². The Morgan fingerprint density at radius 2 is 0.556 bits per heavy atom. The summed E-state index contributed by atoms with van der Waals surface area (Å²) in [6, 6.07) is 98.4. The van der Waals surface area contributed by atoms with Gasteiger partial charge >= 0.3 is 412 Å². The Balaban J connectivity index is 0.917. The summed E-state index contributed by atoms with van der Waals surface area (Å²) in [5, 5.41) is 6.47. The molecule has 0 saturated heterocycles. The van der Waals surface area contributed by atoms with Gasteiger partial charge in [-0.3, -0.25) is 0 Å². The van der Waals surface area contributed by atoms with Crippen LogP contribution in [0.5, 0.6) is 0 Å². The third-order valence-corrected chi connectivity index (χ3v) is 24.7. The standard InChI is InChI=1S/C69H48OP2/c1-71(46-20-4-2-5-21-46,50-40-42-58-56-28-12-18-34-64(56)68(66(58)44-50)60-30-14-8-24-52(60)53-25-9-15-31-61(53)68)47-36-38-49(39-37-47)72(70,48-22-6-3-7-23-48)51-41-43-59-57-29-13-19-35-65(57)69(67(59)45-51)62-32-16-10-26-54(62)55-27-11-17-33-63(55)69/h2-45,71H,1H3. The van der Waals surface area contributed by atoms with Crippen molar-refractivity contribution < 1.29 is 4.57 Å². The molecule has 340 valence electrons. The molecule has 1 unspecified atom stereocenters. The van der Waals surface area contributed by atoms with Crippen molar-refractivity contribution >= 4 is 46.2 Å². The van der Waals surface area contributed by atoms with Gasteiger partial charge in [0.2, 0.25) is 0 Å². The van der Waals surface area contributed by atoms with Gasteiger partial charge in [-0.1, -0.05) is 12.1 Å². The minimum atomic E-state index is -3.46. The summed E-state index contributed by atoms with van der Waals surface area (Å²) in [6.45, 7) is 2.51. The van der Waals surface area contributed by atoms with E-state index in [4.69, 9.17) is 0 Å². The zero-order valence-corrected chi connectivity index (χ0v) is 41.7. The van der Waals surface area contributed by atoms with Crippen molar-refractivity contribution in [3.63, 3.8) is 0 Å². The van der Waals surface area contributed by atoms with E-state index in [0.29, 0.717) is 0 Å². The van der Waals surface area contributed by atoms with Crippen LogP contribution in [-0.2, 0) is 15.4 Å². The zero-order valence-electron chi connectivity index (χ0n) is 39.8. The number of hydrogen-bond donors (Lipinski definition) is 0. The topological polar surface area (TPSA) is 17.1 Å². The fourth-order valence-electron chi connectivity index (χ4n) is 14.0. The molecule has 0 fully saturated rings.